The zero-order valence-electron chi connectivity index (χ0n) is 20.1. The van der Waals surface area contributed by atoms with Crippen LogP contribution in [0.2, 0.25) is 0 Å². The molecular weight excluding hydrogens is 456 g/mol. The van der Waals surface area contributed by atoms with Gasteiger partial charge in [0.25, 0.3) is 5.56 Å². The van der Waals surface area contributed by atoms with Crippen LogP contribution in [-0.4, -0.2) is 36.6 Å². The molecular formula is C27H26N6O3. The van der Waals surface area contributed by atoms with Crippen molar-refractivity contribution in [2.45, 2.75) is 26.9 Å². The predicted molar refractivity (Wildman–Crippen MR) is 137 cm³/mol. The highest BCUT2D eigenvalue weighted by atomic mass is 16.5. The van der Waals surface area contributed by atoms with Gasteiger partial charge in [-0.25, -0.2) is 9.36 Å². The summed E-state index contributed by atoms with van der Waals surface area (Å²) in [5.41, 5.74) is 2.34. The average Bonchev–Trinajstić information content (AvgIpc) is 3.56. The lowest BCUT2D eigenvalue weighted by atomic mass is 10.2. The van der Waals surface area contributed by atoms with Gasteiger partial charge in [-0.05, 0) is 44.2 Å². The minimum Gasteiger partial charge on any atom is -0.494 e. The number of para-hydroxylation sites is 2. The van der Waals surface area contributed by atoms with Crippen LogP contribution in [0, 0.1) is 6.92 Å². The Morgan fingerprint density at radius 2 is 1.69 bits per heavy atom. The quantitative estimate of drug-likeness (QED) is 0.366. The normalized spacial score (nSPS) is 11.1. The summed E-state index contributed by atoms with van der Waals surface area (Å²) in [6.45, 7) is 4.30. The molecule has 5 aromatic rings. The smallest absolute Gasteiger partial charge is 0.280 e. The molecule has 182 valence electrons. The van der Waals surface area contributed by atoms with Gasteiger partial charge in [0.1, 0.15) is 23.2 Å². The molecule has 3 aromatic heterocycles. The fourth-order valence-corrected chi connectivity index (χ4v) is 4.16. The van der Waals surface area contributed by atoms with E-state index in [1.807, 2.05) is 90.6 Å². The van der Waals surface area contributed by atoms with Gasteiger partial charge in [-0.3, -0.25) is 9.59 Å². The van der Waals surface area contributed by atoms with Crippen molar-refractivity contribution in [2.75, 3.05) is 6.61 Å². The monoisotopic (exact) mass is 482 g/mol. The Hall–Kier alpha value is -4.66. The molecule has 9 nitrogen and oxygen atoms in total. The van der Waals surface area contributed by atoms with E-state index in [1.54, 1.807) is 11.6 Å². The molecule has 0 fully saturated rings. The molecule has 0 aliphatic rings. The Balaban J connectivity index is 1.51. The Bertz CT molecular complexity index is 1570. The Labute approximate surface area is 207 Å². The van der Waals surface area contributed by atoms with Crippen molar-refractivity contribution in [1.29, 1.82) is 0 Å². The number of amides is 1. The number of hydrogen-bond donors (Lipinski definition) is 1. The van der Waals surface area contributed by atoms with E-state index in [0.717, 1.165) is 17.0 Å². The van der Waals surface area contributed by atoms with Crippen LogP contribution in [0.25, 0.3) is 22.4 Å². The number of hydrogen-bond acceptors (Lipinski definition) is 5. The van der Waals surface area contributed by atoms with Gasteiger partial charge in [-0.1, -0.05) is 36.4 Å². The van der Waals surface area contributed by atoms with Gasteiger partial charge in [0.05, 0.1) is 18.0 Å². The van der Waals surface area contributed by atoms with Crippen molar-refractivity contribution < 1.29 is 9.53 Å². The Morgan fingerprint density at radius 1 is 0.972 bits per heavy atom. The second-order valence-corrected chi connectivity index (χ2v) is 8.25. The van der Waals surface area contributed by atoms with Crippen LogP contribution in [0.5, 0.6) is 5.75 Å². The van der Waals surface area contributed by atoms with Crippen molar-refractivity contribution in [3.8, 4) is 17.3 Å². The maximum atomic E-state index is 13.6. The number of ether oxygens (including phenoxy) is 1. The maximum Gasteiger partial charge on any atom is 0.280 e. The van der Waals surface area contributed by atoms with Crippen molar-refractivity contribution in [2.24, 2.45) is 0 Å². The molecule has 2 aromatic carbocycles. The number of benzene rings is 2. The molecule has 1 amide bonds. The molecule has 0 saturated carbocycles. The second-order valence-electron chi connectivity index (χ2n) is 8.25. The van der Waals surface area contributed by atoms with E-state index in [0.29, 0.717) is 29.0 Å². The van der Waals surface area contributed by atoms with Gasteiger partial charge in [0, 0.05) is 24.5 Å². The zero-order chi connectivity index (χ0) is 25.1. The van der Waals surface area contributed by atoms with Crippen molar-refractivity contribution >= 4 is 16.8 Å². The molecule has 0 aliphatic carbocycles. The minimum absolute atomic E-state index is 0.214. The number of nitrogens with one attached hydrogen (secondary N) is 1. The number of nitrogens with zero attached hydrogens (tertiary/aromatic N) is 5. The largest absolute Gasteiger partial charge is 0.494 e. The molecule has 1 N–H and O–H groups in total. The molecule has 0 saturated heterocycles. The number of carbonyl (C=O) groups excluding carboxylic acids is 1. The third-order valence-corrected chi connectivity index (χ3v) is 5.81. The zero-order valence-corrected chi connectivity index (χ0v) is 20.1. The molecule has 0 aliphatic heterocycles. The number of aromatic nitrogens is 5. The summed E-state index contributed by atoms with van der Waals surface area (Å²) in [7, 11) is 0. The summed E-state index contributed by atoms with van der Waals surface area (Å²) in [6, 6.07) is 20.9. The van der Waals surface area contributed by atoms with E-state index in [2.05, 4.69) is 10.4 Å². The molecule has 9 heteroatoms. The van der Waals surface area contributed by atoms with Gasteiger partial charge in [0.15, 0.2) is 5.82 Å². The lowest BCUT2D eigenvalue weighted by Gasteiger charge is -2.12. The number of carbonyl (C=O) groups is 1. The first-order valence-electron chi connectivity index (χ1n) is 11.7. The first-order valence-corrected chi connectivity index (χ1v) is 11.7. The third kappa shape index (κ3) is 4.38. The molecule has 0 atom stereocenters. The molecule has 0 radical (unpaired) electrons. The van der Waals surface area contributed by atoms with E-state index >= 15 is 0 Å². The van der Waals surface area contributed by atoms with Crippen LogP contribution in [0.4, 0.5) is 0 Å². The second kappa shape index (κ2) is 9.91. The van der Waals surface area contributed by atoms with Crippen LogP contribution in [-0.2, 0) is 17.9 Å². The van der Waals surface area contributed by atoms with Gasteiger partial charge in [-0.15, -0.1) is 0 Å². The predicted octanol–water partition coefficient (Wildman–Crippen LogP) is 3.40. The molecule has 36 heavy (non-hydrogen) atoms. The highest BCUT2D eigenvalue weighted by molar-refractivity contribution is 5.88. The fourth-order valence-electron chi connectivity index (χ4n) is 4.16. The molecule has 0 bridgehead atoms. The highest BCUT2D eigenvalue weighted by Crippen LogP contribution is 2.24. The van der Waals surface area contributed by atoms with Gasteiger partial charge in [-0.2, -0.15) is 10.2 Å². The lowest BCUT2D eigenvalue weighted by molar-refractivity contribution is -0.122. The van der Waals surface area contributed by atoms with E-state index in [4.69, 9.17) is 9.84 Å². The molecule has 0 spiro atoms. The number of rotatable bonds is 8. The van der Waals surface area contributed by atoms with Gasteiger partial charge >= 0.3 is 0 Å². The lowest BCUT2D eigenvalue weighted by Crippen LogP contribution is -2.34. The number of fused-ring (bicyclic) bond motifs is 1. The van der Waals surface area contributed by atoms with Gasteiger partial charge < -0.3 is 14.6 Å². The molecule has 3 heterocycles. The summed E-state index contributed by atoms with van der Waals surface area (Å²) in [5.74, 6) is 0.988. The summed E-state index contributed by atoms with van der Waals surface area (Å²) < 4.78 is 10.4. The highest BCUT2D eigenvalue weighted by Gasteiger charge is 2.22. The topological polar surface area (TPSA) is 96.0 Å². The minimum atomic E-state index is -0.383. The summed E-state index contributed by atoms with van der Waals surface area (Å²) in [4.78, 5) is 26.4. The Kier molecular flexibility index (Phi) is 6.36. The van der Waals surface area contributed by atoms with Crippen molar-refractivity contribution in [3.63, 3.8) is 0 Å². The van der Waals surface area contributed by atoms with Crippen LogP contribution in [0.3, 0.4) is 0 Å². The van der Waals surface area contributed by atoms with Crippen molar-refractivity contribution in [1.82, 2.24) is 29.4 Å². The summed E-state index contributed by atoms with van der Waals surface area (Å²) >= 11 is 0. The van der Waals surface area contributed by atoms with Crippen LogP contribution in [0.15, 0.2) is 83.9 Å². The molecule has 5 rings (SSSR count). The van der Waals surface area contributed by atoms with Crippen LogP contribution in [0.1, 0.15) is 18.2 Å². The van der Waals surface area contributed by atoms with E-state index in [9.17, 15) is 9.59 Å². The maximum absolute atomic E-state index is 13.6. The van der Waals surface area contributed by atoms with E-state index in [-0.39, 0.29) is 24.6 Å². The first kappa shape index (κ1) is 23.1. The third-order valence-electron chi connectivity index (χ3n) is 5.81. The average molecular weight is 483 g/mol. The van der Waals surface area contributed by atoms with E-state index < -0.39 is 0 Å². The van der Waals surface area contributed by atoms with Crippen LogP contribution >= 0.6 is 0 Å². The first-order chi connectivity index (χ1) is 17.6. The number of aryl methyl sites for hydroxylation is 1. The summed E-state index contributed by atoms with van der Waals surface area (Å²) in [5, 5.41) is 12.4. The summed E-state index contributed by atoms with van der Waals surface area (Å²) in [6.07, 6.45) is 3.72. The van der Waals surface area contributed by atoms with Crippen LogP contribution < -0.4 is 15.6 Å². The van der Waals surface area contributed by atoms with Crippen molar-refractivity contribution in [3.05, 3.63) is 101 Å². The van der Waals surface area contributed by atoms with Gasteiger partial charge in [0.2, 0.25) is 5.91 Å². The van der Waals surface area contributed by atoms with E-state index in [1.165, 1.54) is 4.68 Å². The SMILES string of the molecule is CCOc1ccccc1CNC(=O)Cn1nc(C)c2nn(-c3ccccc3)c(-n3cccc3)c2c1=O. The fraction of sp³-hybridized carbons (Fsp3) is 0.185. The standard InChI is InChI=1S/C27H26N6O3/c1-3-36-22-14-8-7-11-20(22)17-28-23(34)18-32-27(35)24-25(19(2)29-32)30-33(21-12-5-4-6-13-21)26(24)31-15-9-10-16-31/h4-16H,3,17-18H2,1-2H3,(H,28,34). The molecule has 0 unspecified atom stereocenters. The Morgan fingerprint density at radius 3 is 2.44 bits per heavy atom.